The van der Waals surface area contributed by atoms with Gasteiger partial charge in [-0.05, 0) is 42.3 Å². The van der Waals surface area contributed by atoms with Crippen molar-refractivity contribution < 1.29 is 13.5 Å². The summed E-state index contributed by atoms with van der Waals surface area (Å²) in [5.74, 6) is 0.880. The molecule has 0 fully saturated rings. The van der Waals surface area contributed by atoms with Crippen LogP contribution in [0.1, 0.15) is 18.3 Å². The molecular formula is C18H20N2O3S. The molecule has 3 aromatic rings. The van der Waals surface area contributed by atoms with Crippen LogP contribution in [-0.4, -0.2) is 35.9 Å². The maximum absolute atomic E-state index is 11.8. The highest BCUT2D eigenvalue weighted by atomic mass is 32.2. The Morgan fingerprint density at radius 1 is 1.12 bits per heavy atom. The predicted molar refractivity (Wildman–Crippen MR) is 94.3 cm³/mol. The van der Waals surface area contributed by atoms with Crippen LogP contribution in [-0.2, 0) is 22.7 Å². The number of hydrogen-bond donors (Lipinski definition) is 1. The number of aryl methyl sites for hydroxylation is 1. The molecule has 1 heterocycles. The van der Waals surface area contributed by atoms with Crippen molar-refractivity contribution in [2.45, 2.75) is 24.7 Å². The Hall–Kier alpha value is -2.18. The molecule has 5 nitrogen and oxygen atoms in total. The van der Waals surface area contributed by atoms with E-state index in [0.717, 1.165) is 29.0 Å². The number of fused-ring (bicyclic) bond motifs is 1. The average molecular weight is 344 g/mol. The molecule has 0 aliphatic carbocycles. The van der Waals surface area contributed by atoms with Crippen LogP contribution in [0.4, 0.5) is 0 Å². The van der Waals surface area contributed by atoms with Gasteiger partial charge in [0.05, 0.1) is 15.9 Å². The van der Waals surface area contributed by atoms with E-state index in [1.54, 1.807) is 18.2 Å². The van der Waals surface area contributed by atoms with Crippen molar-refractivity contribution in [1.29, 1.82) is 0 Å². The van der Waals surface area contributed by atoms with Crippen LogP contribution < -0.4 is 0 Å². The highest BCUT2D eigenvalue weighted by Gasteiger charge is 2.14. The predicted octanol–water partition coefficient (Wildman–Crippen LogP) is 2.53. The fourth-order valence-electron chi connectivity index (χ4n) is 2.81. The Balaban J connectivity index is 2.16. The molecule has 2 aromatic carbocycles. The van der Waals surface area contributed by atoms with Crippen LogP contribution >= 0.6 is 0 Å². The maximum atomic E-state index is 11.8. The van der Waals surface area contributed by atoms with Gasteiger partial charge in [0.1, 0.15) is 5.82 Å². The molecule has 0 radical (unpaired) electrons. The summed E-state index contributed by atoms with van der Waals surface area (Å²) in [4.78, 5) is 4.88. The Morgan fingerprint density at radius 2 is 1.83 bits per heavy atom. The van der Waals surface area contributed by atoms with Crippen molar-refractivity contribution in [2.24, 2.45) is 0 Å². The van der Waals surface area contributed by atoms with Crippen LogP contribution in [0.25, 0.3) is 16.7 Å². The van der Waals surface area contributed by atoms with Gasteiger partial charge < -0.3 is 5.11 Å². The summed E-state index contributed by atoms with van der Waals surface area (Å²) in [5, 5.41) is 9.02. The van der Waals surface area contributed by atoms with Gasteiger partial charge >= 0.3 is 0 Å². The van der Waals surface area contributed by atoms with Crippen LogP contribution in [0.5, 0.6) is 0 Å². The summed E-state index contributed by atoms with van der Waals surface area (Å²) >= 11 is 0. The molecule has 0 aliphatic rings. The molecule has 0 saturated heterocycles. The van der Waals surface area contributed by atoms with Crippen molar-refractivity contribution in [2.75, 3.05) is 12.9 Å². The second-order valence-corrected chi connectivity index (χ2v) is 7.80. The van der Waals surface area contributed by atoms with Crippen molar-refractivity contribution in [3.05, 3.63) is 53.9 Å². The first-order valence-corrected chi connectivity index (χ1v) is 9.74. The van der Waals surface area contributed by atoms with E-state index < -0.39 is 9.84 Å². The SMILES string of the molecule is CCc1nc2cc(S(C)(=O)=O)ccc2n1-c1ccc(CCO)cc1. The number of imidazole rings is 1. The quantitative estimate of drug-likeness (QED) is 0.772. The van der Waals surface area contributed by atoms with Crippen molar-refractivity contribution >= 4 is 20.9 Å². The van der Waals surface area contributed by atoms with Gasteiger partial charge in [0, 0.05) is 25.0 Å². The normalized spacial score (nSPS) is 12.0. The molecule has 0 atom stereocenters. The van der Waals surface area contributed by atoms with E-state index in [-0.39, 0.29) is 11.5 Å². The lowest BCUT2D eigenvalue weighted by Gasteiger charge is -2.09. The monoisotopic (exact) mass is 344 g/mol. The van der Waals surface area contributed by atoms with Gasteiger partial charge in [-0.15, -0.1) is 0 Å². The standard InChI is InChI=1S/C18H20N2O3S/c1-3-18-19-16-12-15(24(2,22)23)8-9-17(16)20(18)14-6-4-13(5-7-14)10-11-21/h4-9,12,21H,3,10-11H2,1-2H3. The molecule has 3 rings (SSSR count). The lowest BCUT2D eigenvalue weighted by atomic mass is 10.1. The summed E-state index contributed by atoms with van der Waals surface area (Å²) < 4.78 is 25.5. The molecule has 0 unspecified atom stereocenters. The van der Waals surface area contributed by atoms with E-state index in [4.69, 9.17) is 5.11 Å². The molecule has 0 amide bonds. The molecule has 126 valence electrons. The van der Waals surface area contributed by atoms with Gasteiger partial charge in [0.15, 0.2) is 9.84 Å². The molecule has 0 aliphatic heterocycles. The lowest BCUT2D eigenvalue weighted by Crippen LogP contribution is -2.01. The first kappa shape index (κ1) is 16.7. The highest BCUT2D eigenvalue weighted by Crippen LogP contribution is 2.25. The Labute approximate surface area is 141 Å². The minimum atomic E-state index is -3.25. The maximum Gasteiger partial charge on any atom is 0.175 e. The highest BCUT2D eigenvalue weighted by molar-refractivity contribution is 7.90. The van der Waals surface area contributed by atoms with Gasteiger partial charge in [0.2, 0.25) is 0 Å². The summed E-state index contributed by atoms with van der Waals surface area (Å²) in [6.45, 7) is 2.15. The Bertz CT molecular complexity index is 973. The molecular weight excluding hydrogens is 324 g/mol. The fraction of sp³-hybridized carbons (Fsp3) is 0.278. The minimum absolute atomic E-state index is 0.127. The third kappa shape index (κ3) is 3.07. The number of aliphatic hydroxyl groups excluding tert-OH is 1. The van der Waals surface area contributed by atoms with Gasteiger partial charge in [-0.2, -0.15) is 0 Å². The van der Waals surface area contributed by atoms with Crippen LogP contribution in [0, 0.1) is 0 Å². The van der Waals surface area contributed by atoms with E-state index >= 15 is 0 Å². The van der Waals surface area contributed by atoms with Gasteiger partial charge in [-0.25, -0.2) is 13.4 Å². The number of aromatic nitrogens is 2. The van der Waals surface area contributed by atoms with Crippen LogP contribution in [0.2, 0.25) is 0 Å². The van der Waals surface area contributed by atoms with Crippen molar-refractivity contribution in [3.8, 4) is 5.69 Å². The Kier molecular flexibility index (Phi) is 4.43. The molecule has 0 saturated carbocycles. The average Bonchev–Trinajstić information content (AvgIpc) is 2.93. The Morgan fingerprint density at radius 3 is 2.42 bits per heavy atom. The van der Waals surface area contributed by atoms with Gasteiger partial charge in [0.25, 0.3) is 0 Å². The zero-order valence-corrected chi connectivity index (χ0v) is 14.5. The van der Waals surface area contributed by atoms with Crippen molar-refractivity contribution in [3.63, 3.8) is 0 Å². The van der Waals surface area contributed by atoms with Crippen molar-refractivity contribution in [1.82, 2.24) is 9.55 Å². The van der Waals surface area contributed by atoms with Crippen LogP contribution in [0.15, 0.2) is 47.4 Å². The number of benzene rings is 2. The summed E-state index contributed by atoms with van der Waals surface area (Å²) in [6.07, 6.45) is 2.57. The summed E-state index contributed by atoms with van der Waals surface area (Å²) in [7, 11) is -3.25. The van der Waals surface area contributed by atoms with E-state index in [1.807, 2.05) is 35.8 Å². The minimum Gasteiger partial charge on any atom is -0.396 e. The third-order valence-electron chi connectivity index (χ3n) is 4.03. The van der Waals surface area contributed by atoms with E-state index in [1.165, 1.54) is 6.26 Å². The second kappa shape index (κ2) is 6.37. The topological polar surface area (TPSA) is 72.2 Å². The van der Waals surface area contributed by atoms with E-state index in [0.29, 0.717) is 11.9 Å². The van der Waals surface area contributed by atoms with Gasteiger partial charge in [-0.1, -0.05) is 19.1 Å². The number of aliphatic hydroxyl groups is 1. The van der Waals surface area contributed by atoms with Gasteiger partial charge in [-0.3, -0.25) is 4.57 Å². The molecule has 24 heavy (non-hydrogen) atoms. The number of hydrogen-bond acceptors (Lipinski definition) is 4. The zero-order valence-electron chi connectivity index (χ0n) is 13.7. The van der Waals surface area contributed by atoms with Crippen LogP contribution in [0.3, 0.4) is 0 Å². The zero-order chi connectivity index (χ0) is 17.3. The first-order chi connectivity index (χ1) is 11.4. The smallest absolute Gasteiger partial charge is 0.175 e. The molecule has 0 bridgehead atoms. The number of nitrogens with zero attached hydrogens (tertiary/aromatic N) is 2. The summed E-state index contributed by atoms with van der Waals surface area (Å²) in [5.41, 5.74) is 3.61. The molecule has 6 heteroatoms. The fourth-order valence-corrected chi connectivity index (χ4v) is 3.45. The lowest BCUT2D eigenvalue weighted by molar-refractivity contribution is 0.299. The number of rotatable bonds is 5. The number of sulfone groups is 1. The molecule has 0 spiro atoms. The molecule has 1 aromatic heterocycles. The summed E-state index contributed by atoms with van der Waals surface area (Å²) in [6, 6.07) is 13.0. The third-order valence-corrected chi connectivity index (χ3v) is 5.15. The van der Waals surface area contributed by atoms with E-state index in [2.05, 4.69) is 4.98 Å². The first-order valence-electron chi connectivity index (χ1n) is 7.85. The van der Waals surface area contributed by atoms with E-state index in [9.17, 15) is 8.42 Å². The second-order valence-electron chi connectivity index (χ2n) is 5.78. The molecule has 1 N–H and O–H groups in total. The largest absolute Gasteiger partial charge is 0.396 e.